The number of esters is 1. The second-order valence-corrected chi connectivity index (χ2v) is 10.2. The lowest BCUT2D eigenvalue weighted by Crippen LogP contribution is -3.15. The minimum absolute atomic E-state index is 0.140. The standard InChI is InChI=1S/C25H37NO15/c1-2-15-22(41-23-19(31)25(36,37)18(30)17(10-28)40-23)38-11-16(21(34)39-12-29)24(15,35)4-3-13-7-14(20(32)33)9-26(8-13)5-6-27/h2-4,11,13-15,17-19,22-23,27-31,35-37H,1,5-10,12H2,(H,32,33). The lowest BCUT2D eigenvalue weighted by atomic mass is 9.77. The van der Waals surface area contributed by atoms with E-state index < -0.39 is 90.9 Å². The first-order valence-electron chi connectivity index (χ1n) is 12.9. The molecule has 0 spiro atoms. The smallest absolute Gasteiger partial charge is 0.342 e. The number of rotatable bonds is 11. The average molecular weight is 592 g/mol. The molecule has 9 N–H and O–H groups in total. The van der Waals surface area contributed by atoms with Crippen molar-refractivity contribution in [3.8, 4) is 0 Å². The van der Waals surface area contributed by atoms with E-state index in [9.17, 15) is 50.4 Å². The summed E-state index contributed by atoms with van der Waals surface area (Å²) in [6, 6.07) is 0. The lowest BCUT2D eigenvalue weighted by Gasteiger charge is -2.47. The third-order valence-corrected chi connectivity index (χ3v) is 7.55. The van der Waals surface area contributed by atoms with Gasteiger partial charge in [-0.25, -0.2) is 4.79 Å². The Morgan fingerprint density at radius 2 is 1.85 bits per heavy atom. The van der Waals surface area contributed by atoms with Gasteiger partial charge in [-0.3, -0.25) is 0 Å². The molecule has 16 nitrogen and oxygen atoms in total. The molecule has 232 valence electrons. The molecule has 0 aromatic heterocycles. The third-order valence-electron chi connectivity index (χ3n) is 7.55. The number of carboxylic acids is 1. The Kier molecular flexibility index (Phi) is 11.0. The number of aliphatic hydroxyl groups is 8. The predicted molar refractivity (Wildman–Crippen MR) is 129 cm³/mol. The normalized spacial score (nSPS) is 39.0. The van der Waals surface area contributed by atoms with E-state index in [0.29, 0.717) is 6.54 Å². The van der Waals surface area contributed by atoms with Gasteiger partial charge < -0.3 is 74.6 Å². The van der Waals surface area contributed by atoms with Gasteiger partial charge >= 0.3 is 5.97 Å². The van der Waals surface area contributed by atoms with Crippen molar-refractivity contribution in [3.05, 3.63) is 36.6 Å². The van der Waals surface area contributed by atoms with Crippen LogP contribution in [0.15, 0.2) is 36.6 Å². The van der Waals surface area contributed by atoms with Crippen molar-refractivity contribution in [2.24, 2.45) is 17.8 Å². The van der Waals surface area contributed by atoms with Gasteiger partial charge in [0.1, 0.15) is 36.2 Å². The molecule has 0 aliphatic carbocycles. The van der Waals surface area contributed by atoms with Gasteiger partial charge in [-0.05, 0) is 6.42 Å². The molecule has 3 aliphatic rings. The maximum Gasteiger partial charge on any atom is 0.342 e. The summed E-state index contributed by atoms with van der Waals surface area (Å²) in [6.45, 7) is 2.42. The van der Waals surface area contributed by atoms with Crippen molar-refractivity contribution in [2.75, 3.05) is 39.6 Å². The molecule has 10 atom stereocenters. The van der Waals surface area contributed by atoms with Crippen LogP contribution in [0.4, 0.5) is 0 Å². The molecule has 2 fully saturated rings. The number of hydrogen-bond acceptors (Lipinski definition) is 15. The van der Waals surface area contributed by atoms with Crippen LogP contribution in [0.25, 0.3) is 0 Å². The molecule has 0 bridgehead atoms. The molecule has 0 aromatic carbocycles. The average Bonchev–Trinajstić information content (AvgIpc) is 2.93. The van der Waals surface area contributed by atoms with E-state index in [1.54, 1.807) is 0 Å². The van der Waals surface area contributed by atoms with Gasteiger partial charge in [-0.1, -0.05) is 18.2 Å². The van der Waals surface area contributed by atoms with Crippen LogP contribution in [0.2, 0.25) is 0 Å². The molecule has 0 aromatic rings. The summed E-state index contributed by atoms with van der Waals surface area (Å²) in [6.07, 6.45) is -4.86. The molecular weight excluding hydrogens is 554 g/mol. The summed E-state index contributed by atoms with van der Waals surface area (Å²) in [7, 11) is 0. The molecular formula is C25H37NO15. The monoisotopic (exact) mass is 591 g/mol. The molecule has 16 heteroatoms. The van der Waals surface area contributed by atoms with E-state index in [0.717, 1.165) is 17.2 Å². The maximum atomic E-state index is 12.7. The summed E-state index contributed by atoms with van der Waals surface area (Å²) in [5.74, 6) is -8.32. The van der Waals surface area contributed by atoms with Gasteiger partial charge in [0.2, 0.25) is 12.1 Å². The molecule has 3 rings (SSSR count). The number of hydrogen-bond donors (Lipinski definition) is 9. The SMILES string of the molecule is C=CC1C(OC2OC(CO)C(O)C(O)(O)C2O)OC=C(C(=O)OCO)C1(O)C=CC1CC(C(=O)[O-])C[NH+](CCO)C1. The van der Waals surface area contributed by atoms with Crippen molar-refractivity contribution >= 4 is 11.9 Å². The van der Waals surface area contributed by atoms with Crippen molar-refractivity contribution < 1.29 is 79.4 Å². The molecule has 3 aliphatic heterocycles. The number of aliphatic carboxylic acids is 1. The molecule has 0 amide bonds. The molecule has 41 heavy (non-hydrogen) atoms. The van der Waals surface area contributed by atoms with Gasteiger partial charge in [-0.2, -0.15) is 0 Å². The van der Waals surface area contributed by atoms with Crippen LogP contribution in [0, 0.1) is 17.8 Å². The molecule has 0 saturated carbocycles. The zero-order valence-electron chi connectivity index (χ0n) is 22.0. The second-order valence-electron chi connectivity index (χ2n) is 10.2. The van der Waals surface area contributed by atoms with Crippen LogP contribution >= 0.6 is 0 Å². The third kappa shape index (κ3) is 6.95. The zero-order chi connectivity index (χ0) is 30.5. The number of likely N-dealkylation sites (tertiary alicyclic amines) is 1. The van der Waals surface area contributed by atoms with E-state index in [4.69, 9.17) is 19.3 Å². The van der Waals surface area contributed by atoms with Gasteiger partial charge in [0, 0.05) is 11.8 Å². The summed E-state index contributed by atoms with van der Waals surface area (Å²) in [5, 5.41) is 92.0. The largest absolute Gasteiger partial charge is 0.550 e. The highest BCUT2D eigenvalue weighted by molar-refractivity contribution is 5.91. The minimum Gasteiger partial charge on any atom is -0.550 e. The Hall–Kier alpha value is -2.48. The van der Waals surface area contributed by atoms with Crippen LogP contribution < -0.4 is 10.0 Å². The number of carbonyl (C=O) groups is 2. The number of aliphatic hydroxyl groups excluding tert-OH is 5. The first kappa shape index (κ1) is 33.0. The molecule has 2 saturated heterocycles. The van der Waals surface area contributed by atoms with Crippen molar-refractivity contribution in [2.45, 2.75) is 48.7 Å². The van der Waals surface area contributed by atoms with Gasteiger partial charge in [0.15, 0.2) is 19.2 Å². The van der Waals surface area contributed by atoms with Gasteiger partial charge in [-0.15, -0.1) is 6.58 Å². The first-order chi connectivity index (χ1) is 19.3. The van der Waals surface area contributed by atoms with Crippen LogP contribution in [0.5, 0.6) is 0 Å². The number of ether oxygens (including phenoxy) is 4. The van der Waals surface area contributed by atoms with E-state index in [-0.39, 0.29) is 26.1 Å². The number of carbonyl (C=O) groups excluding carboxylic acids is 2. The maximum absolute atomic E-state index is 12.7. The predicted octanol–water partition coefficient (Wildman–Crippen LogP) is -6.79. The van der Waals surface area contributed by atoms with E-state index in [1.165, 1.54) is 12.2 Å². The summed E-state index contributed by atoms with van der Waals surface area (Å²) < 4.78 is 20.9. The highest BCUT2D eigenvalue weighted by Crippen LogP contribution is 2.40. The van der Waals surface area contributed by atoms with Crippen LogP contribution in [-0.2, 0) is 28.5 Å². The number of carboxylic acid groups (broad SMARTS) is 1. The van der Waals surface area contributed by atoms with Gasteiger partial charge in [0.25, 0.3) is 0 Å². The van der Waals surface area contributed by atoms with Gasteiger partial charge in [0.05, 0.1) is 38.2 Å². The van der Waals surface area contributed by atoms with Crippen molar-refractivity contribution in [3.63, 3.8) is 0 Å². The summed E-state index contributed by atoms with van der Waals surface area (Å²) in [4.78, 5) is 25.0. The van der Waals surface area contributed by atoms with Crippen LogP contribution in [0.1, 0.15) is 6.42 Å². The quantitative estimate of drug-likeness (QED) is 0.0614. The Balaban J connectivity index is 1.94. The Morgan fingerprint density at radius 3 is 2.44 bits per heavy atom. The topological polar surface area (TPSA) is 260 Å². The number of nitrogens with one attached hydrogen (secondary N) is 1. The fourth-order valence-electron chi connectivity index (χ4n) is 5.31. The second kappa shape index (κ2) is 13.7. The first-order valence-corrected chi connectivity index (χ1v) is 12.9. The van der Waals surface area contributed by atoms with E-state index in [2.05, 4.69) is 11.3 Å². The highest BCUT2D eigenvalue weighted by atomic mass is 16.8. The molecule has 10 unspecified atom stereocenters. The zero-order valence-corrected chi connectivity index (χ0v) is 22.0. The van der Waals surface area contributed by atoms with Crippen molar-refractivity contribution in [1.82, 2.24) is 0 Å². The fourth-order valence-corrected chi connectivity index (χ4v) is 5.31. The highest BCUT2D eigenvalue weighted by Gasteiger charge is 2.57. The van der Waals surface area contributed by atoms with Crippen LogP contribution in [-0.4, -0.2) is 135 Å². The summed E-state index contributed by atoms with van der Waals surface area (Å²) in [5.41, 5.74) is -2.83. The lowest BCUT2D eigenvalue weighted by molar-refractivity contribution is -0.911. The number of piperidine rings is 1. The van der Waals surface area contributed by atoms with Crippen molar-refractivity contribution in [1.29, 1.82) is 0 Å². The molecule has 3 heterocycles. The fraction of sp³-hybridized carbons (Fsp3) is 0.680. The molecule has 0 radical (unpaired) electrons. The summed E-state index contributed by atoms with van der Waals surface area (Å²) >= 11 is 0. The Labute approximate surface area is 234 Å². The Bertz CT molecular complexity index is 1000. The van der Waals surface area contributed by atoms with E-state index in [1.807, 2.05) is 0 Å². The van der Waals surface area contributed by atoms with E-state index >= 15 is 0 Å². The number of quaternary nitrogens is 1. The Morgan fingerprint density at radius 1 is 1.15 bits per heavy atom. The minimum atomic E-state index is -3.17. The van der Waals surface area contributed by atoms with Crippen LogP contribution in [0.3, 0.4) is 0 Å².